The number of benzene rings is 2. The van der Waals surface area contributed by atoms with Gasteiger partial charge in [-0.25, -0.2) is 13.2 Å². The van der Waals surface area contributed by atoms with Crippen molar-refractivity contribution in [1.82, 2.24) is 4.98 Å². The van der Waals surface area contributed by atoms with E-state index in [1.165, 1.54) is 60.9 Å². The molecule has 0 atom stereocenters. The van der Waals surface area contributed by atoms with E-state index in [0.717, 1.165) is 0 Å². The number of ether oxygens (including phenoxy) is 2. The second-order valence-electron chi connectivity index (χ2n) is 5.93. The predicted octanol–water partition coefficient (Wildman–Crippen LogP) is 5.16. The highest BCUT2D eigenvalue weighted by Gasteiger charge is 2.19. The van der Waals surface area contributed by atoms with Gasteiger partial charge in [0.1, 0.15) is 17.1 Å². The van der Waals surface area contributed by atoms with Crippen molar-refractivity contribution in [1.29, 1.82) is 0 Å². The van der Waals surface area contributed by atoms with Gasteiger partial charge in [0.2, 0.25) is 0 Å². The van der Waals surface area contributed by atoms with Gasteiger partial charge < -0.3 is 9.47 Å². The fraction of sp³-hybridized carbons (Fsp3) is 0.100. The summed E-state index contributed by atoms with van der Waals surface area (Å²) in [5, 5.41) is 0.753. The SMILES string of the molecule is CCOC(=O)c1ccc(NS(=O)(=O)c2ccc(Cl)cc2)cc1Oc1cncc(Cl)c1. The van der Waals surface area contributed by atoms with Gasteiger partial charge in [-0.3, -0.25) is 9.71 Å². The van der Waals surface area contributed by atoms with Crippen LogP contribution in [0, 0.1) is 0 Å². The summed E-state index contributed by atoms with van der Waals surface area (Å²) in [4.78, 5) is 16.2. The van der Waals surface area contributed by atoms with Gasteiger partial charge in [0.05, 0.1) is 28.4 Å². The van der Waals surface area contributed by atoms with Crippen LogP contribution in [0.2, 0.25) is 10.0 Å². The molecule has 7 nitrogen and oxygen atoms in total. The van der Waals surface area contributed by atoms with Gasteiger partial charge in [0, 0.05) is 23.4 Å². The maximum absolute atomic E-state index is 12.6. The lowest BCUT2D eigenvalue weighted by molar-refractivity contribution is 0.0523. The molecular formula is C20H16Cl2N2O5S. The second-order valence-corrected chi connectivity index (χ2v) is 8.49. The highest BCUT2D eigenvalue weighted by Crippen LogP contribution is 2.31. The van der Waals surface area contributed by atoms with Gasteiger partial charge in [-0.2, -0.15) is 0 Å². The fourth-order valence-corrected chi connectivity index (χ4v) is 3.79. The Morgan fingerprint density at radius 2 is 1.77 bits per heavy atom. The molecule has 0 radical (unpaired) electrons. The van der Waals surface area contributed by atoms with Crippen molar-refractivity contribution >= 4 is 44.9 Å². The molecular weight excluding hydrogens is 451 g/mol. The maximum Gasteiger partial charge on any atom is 0.341 e. The zero-order valence-corrected chi connectivity index (χ0v) is 18.0. The smallest absolute Gasteiger partial charge is 0.341 e. The zero-order valence-electron chi connectivity index (χ0n) is 15.6. The first-order valence-electron chi connectivity index (χ1n) is 8.66. The monoisotopic (exact) mass is 466 g/mol. The number of esters is 1. The maximum atomic E-state index is 12.6. The van der Waals surface area contributed by atoms with Crippen molar-refractivity contribution in [2.45, 2.75) is 11.8 Å². The van der Waals surface area contributed by atoms with Crippen molar-refractivity contribution in [3.8, 4) is 11.5 Å². The topological polar surface area (TPSA) is 94.6 Å². The highest BCUT2D eigenvalue weighted by molar-refractivity contribution is 7.92. The van der Waals surface area contributed by atoms with Crippen molar-refractivity contribution < 1.29 is 22.7 Å². The number of nitrogens with one attached hydrogen (secondary N) is 1. The Hall–Kier alpha value is -2.81. The lowest BCUT2D eigenvalue weighted by Gasteiger charge is -2.14. The van der Waals surface area contributed by atoms with Crippen molar-refractivity contribution in [3.63, 3.8) is 0 Å². The number of anilines is 1. The molecule has 0 aliphatic rings. The van der Waals surface area contributed by atoms with Gasteiger partial charge in [-0.15, -0.1) is 0 Å². The Kier molecular flexibility index (Phi) is 6.81. The first-order valence-corrected chi connectivity index (χ1v) is 10.9. The van der Waals surface area contributed by atoms with Crippen molar-refractivity contribution in [2.24, 2.45) is 0 Å². The molecule has 0 saturated heterocycles. The molecule has 0 bridgehead atoms. The van der Waals surface area contributed by atoms with Crippen LogP contribution in [0.25, 0.3) is 0 Å². The number of halogens is 2. The zero-order chi connectivity index (χ0) is 21.7. The first-order chi connectivity index (χ1) is 14.3. The molecule has 2 aromatic carbocycles. The van der Waals surface area contributed by atoms with E-state index in [4.69, 9.17) is 32.7 Å². The minimum absolute atomic E-state index is 0.0304. The van der Waals surface area contributed by atoms with Gasteiger partial charge >= 0.3 is 5.97 Å². The summed E-state index contributed by atoms with van der Waals surface area (Å²) in [5.41, 5.74) is 0.300. The van der Waals surface area contributed by atoms with Crippen molar-refractivity contribution in [3.05, 3.63) is 76.5 Å². The number of nitrogens with zero attached hydrogens (tertiary/aromatic N) is 1. The van der Waals surface area contributed by atoms with Crippen molar-refractivity contribution in [2.75, 3.05) is 11.3 Å². The highest BCUT2D eigenvalue weighted by atomic mass is 35.5. The third kappa shape index (κ3) is 5.41. The molecule has 0 spiro atoms. The molecule has 3 aromatic rings. The average Bonchev–Trinajstić information content (AvgIpc) is 2.68. The first kappa shape index (κ1) is 21.9. The molecule has 0 fully saturated rings. The summed E-state index contributed by atoms with van der Waals surface area (Å²) < 4.78 is 38.5. The molecule has 0 saturated carbocycles. The van der Waals surface area contributed by atoms with E-state index in [1.54, 1.807) is 6.92 Å². The van der Waals surface area contributed by atoms with Crippen LogP contribution >= 0.6 is 23.2 Å². The molecule has 1 N–H and O–H groups in total. The lowest BCUT2D eigenvalue weighted by atomic mass is 10.2. The van der Waals surface area contributed by atoms with Gasteiger partial charge in [0.25, 0.3) is 10.0 Å². The fourth-order valence-electron chi connectivity index (χ4n) is 2.45. The Bertz CT molecular complexity index is 1170. The Morgan fingerprint density at radius 1 is 1.03 bits per heavy atom. The number of carbonyl (C=O) groups is 1. The summed E-state index contributed by atoms with van der Waals surface area (Å²) >= 11 is 11.7. The van der Waals surface area contributed by atoms with Crippen LogP contribution < -0.4 is 9.46 Å². The summed E-state index contributed by atoms with van der Waals surface area (Å²) in [6, 6.07) is 11.4. The molecule has 1 heterocycles. The summed E-state index contributed by atoms with van der Waals surface area (Å²) in [7, 11) is -3.88. The van der Waals surface area contributed by atoms with E-state index in [-0.39, 0.29) is 34.3 Å². The van der Waals surface area contributed by atoms with E-state index in [0.29, 0.717) is 10.0 Å². The molecule has 3 rings (SSSR count). The minimum Gasteiger partial charge on any atom is -0.462 e. The number of sulfonamides is 1. The van der Waals surface area contributed by atoms with E-state index in [1.807, 2.05) is 0 Å². The van der Waals surface area contributed by atoms with Crippen LogP contribution in [0.4, 0.5) is 5.69 Å². The van der Waals surface area contributed by atoms with Crippen LogP contribution in [-0.2, 0) is 14.8 Å². The molecule has 0 aliphatic heterocycles. The predicted molar refractivity (Wildman–Crippen MR) is 114 cm³/mol. The summed E-state index contributed by atoms with van der Waals surface area (Å²) in [5.74, 6) is -0.269. The Labute approximate surface area is 183 Å². The number of aromatic nitrogens is 1. The van der Waals surface area contributed by atoms with Crippen LogP contribution in [-0.4, -0.2) is 26.0 Å². The summed E-state index contributed by atoms with van der Waals surface area (Å²) in [6.07, 6.45) is 2.84. The standard InChI is InChI=1S/C20H16Cl2N2O5S/c1-2-28-20(25)18-8-5-15(10-19(18)29-16-9-14(22)11-23-12-16)24-30(26,27)17-6-3-13(21)4-7-17/h3-12,24H,2H2,1H3. The van der Waals surface area contributed by atoms with E-state index < -0.39 is 16.0 Å². The number of hydrogen-bond donors (Lipinski definition) is 1. The molecule has 10 heteroatoms. The van der Waals surface area contributed by atoms with Gasteiger partial charge in [-0.1, -0.05) is 23.2 Å². The van der Waals surface area contributed by atoms with E-state index in [9.17, 15) is 13.2 Å². The minimum atomic E-state index is -3.88. The van der Waals surface area contributed by atoms with Crippen LogP contribution in [0.1, 0.15) is 17.3 Å². The number of hydrogen-bond acceptors (Lipinski definition) is 6. The second kappa shape index (κ2) is 9.34. The quantitative estimate of drug-likeness (QED) is 0.483. The summed E-state index contributed by atoms with van der Waals surface area (Å²) in [6.45, 7) is 1.84. The molecule has 0 aliphatic carbocycles. The van der Waals surface area contributed by atoms with Gasteiger partial charge in [0.15, 0.2) is 0 Å². The van der Waals surface area contributed by atoms with Crippen LogP contribution in [0.15, 0.2) is 65.8 Å². The number of pyridine rings is 1. The largest absolute Gasteiger partial charge is 0.462 e. The molecule has 156 valence electrons. The molecule has 1 aromatic heterocycles. The van der Waals surface area contributed by atoms with E-state index >= 15 is 0 Å². The van der Waals surface area contributed by atoms with Crippen LogP contribution in [0.3, 0.4) is 0 Å². The normalized spacial score (nSPS) is 11.0. The van der Waals surface area contributed by atoms with Gasteiger partial charge in [-0.05, 0) is 43.3 Å². The number of carbonyl (C=O) groups excluding carboxylic acids is 1. The van der Waals surface area contributed by atoms with Crippen LogP contribution in [0.5, 0.6) is 11.5 Å². The molecule has 30 heavy (non-hydrogen) atoms. The van der Waals surface area contributed by atoms with E-state index in [2.05, 4.69) is 9.71 Å². The molecule has 0 amide bonds. The third-order valence-electron chi connectivity index (χ3n) is 3.76. The lowest BCUT2D eigenvalue weighted by Crippen LogP contribution is -2.13. The Morgan fingerprint density at radius 3 is 2.43 bits per heavy atom. The Balaban J connectivity index is 1.96. The average molecular weight is 467 g/mol. The number of rotatable bonds is 7. The molecule has 0 unspecified atom stereocenters. The third-order valence-corrected chi connectivity index (χ3v) is 5.62.